The van der Waals surface area contributed by atoms with Crippen molar-refractivity contribution >= 4 is 5.69 Å². The molecule has 0 radical (unpaired) electrons. The Kier molecular flexibility index (Phi) is 3.56. The van der Waals surface area contributed by atoms with Crippen molar-refractivity contribution in [1.82, 2.24) is 0 Å². The monoisotopic (exact) mass is 204 g/mol. The maximum absolute atomic E-state index is 8.86. The first-order chi connectivity index (χ1) is 7.07. The van der Waals surface area contributed by atoms with Crippen molar-refractivity contribution < 1.29 is 4.74 Å². The molecule has 0 spiro atoms. The molecule has 0 fully saturated rings. The third kappa shape index (κ3) is 3.51. The highest BCUT2D eigenvalue weighted by Gasteiger charge is 2.15. The van der Waals surface area contributed by atoms with Crippen LogP contribution in [0.15, 0.2) is 24.3 Å². The zero-order chi connectivity index (χ0) is 11.3. The highest BCUT2D eigenvalue weighted by molar-refractivity contribution is 5.48. The topological polar surface area (TPSA) is 45.0 Å². The van der Waals surface area contributed by atoms with Crippen molar-refractivity contribution in [3.8, 4) is 11.8 Å². The molecule has 1 rings (SSSR count). The molecule has 0 aliphatic carbocycles. The number of ether oxygens (including phenoxy) is 1. The average Bonchev–Trinajstić information content (AvgIpc) is 2.27. The Morgan fingerprint density at radius 2 is 2.20 bits per heavy atom. The Bertz CT molecular complexity index is 366. The number of nitriles is 1. The van der Waals surface area contributed by atoms with Crippen LogP contribution in [0.25, 0.3) is 0 Å². The Morgan fingerprint density at radius 3 is 2.80 bits per heavy atom. The molecule has 3 nitrogen and oxygen atoms in total. The number of hydrogen-bond acceptors (Lipinski definition) is 3. The molecule has 15 heavy (non-hydrogen) atoms. The third-order valence-corrected chi connectivity index (χ3v) is 2.11. The van der Waals surface area contributed by atoms with E-state index in [9.17, 15) is 0 Å². The van der Waals surface area contributed by atoms with Crippen molar-refractivity contribution in [3.63, 3.8) is 0 Å². The number of benzene rings is 1. The highest BCUT2D eigenvalue weighted by atomic mass is 16.5. The van der Waals surface area contributed by atoms with Crippen LogP contribution >= 0.6 is 0 Å². The molecule has 0 amide bonds. The second-order valence-corrected chi connectivity index (χ2v) is 4.08. The Hall–Kier alpha value is -1.69. The van der Waals surface area contributed by atoms with Crippen molar-refractivity contribution in [2.24, 2.45) is 5.41 Å². The molecule has 0 unspecified atom stereocenters. The van der Waals surface area contributed by atoms with Crippen molar-refractivity contribution in [2.75, 3.05) is 19.0 Å². The number of rotatable bonds is 4. The molecule has 0 heterocycles. The zero-order valence-corrected chi connectivity index (χ0v) is 9.37. The van der Waals surface area contributed by atoms with Gasteiger partial charge in [0.15, 0.2) is 0 Å². The number of nitrogens with one attached hydrogen (secondary N) is 1. The second-order valence-electron chi connectivity index (χ2n) is 4.08. The summed E-state index contributed by atoms with van der Waals surface area (Å²) in [6, 6.07) is 9.92. The molecule has 1 aromatic rings. The van der Waals surface area contributed by atoms with Crippen molar-refractivity contribution in [3.05, 3.63) is 24.3 Å². The Labute approximate surface area is 90.7 Å². The van der Waals surface area contributed by atoms with Gasteiger partial charge < -0.3 is 10.1 Å². The van der Waals surface area contributed by atoms with Crippen LogP contribution in [0.4, 0.5) is 5.69 Å². The van der Waals surface area contributed by atoms with E-state index in [1.807, 2.05) is 38.1 Å². The van der Waals surface area contributed by atoms with Gasteiger partial charge in [-0.2, -0.15) is 5.26 Å². The molecule has 0 aliphatic rings. The second kappa shape index (κ2) is 4.70. The zero-order valence-electron chi connectivity index (χ0n) is 9.37. The maximum atomic E-state index is 8.86. The van der Waals surface area contributed by atoms with Crippen molar-refractivity contribution in [2.45, 2.75) is 13.8 Å². The van der Waals surface area contributed by atoms with E-state index < -0.39 is 0 Å². The summed E-state index contributed by atoms with van der Waals surface area (Å²) >= 11 is 0. The summed E-state index contributed by atoms with van der Waals surface area (Å²) in [5.41, 5.74) is 0.612. The normalized spacial score (nSPS) is 10.5. The van der Waals surface area contributed by atoms with E-state index in [1.165, 1.54) is 0 Å². The minimum Gasteiger partial charge on any atom is -0.497 e. The van der Waals surface area contributed by atoms with E-state index in [1.54, 1.807) is 7.11 Å². The van der Waals surface area contributed by atoms with Gasteiger partial charge in [-0.05, 0) is 26.0 Å². The number of hydrogen-bond donors (Lipinski definition) is 1. The molecule has 0 atom stereocenters. The van der Waals surface area contributed by atoms with E-state index in [-0.39, 0.29) is 5.41 Å². The Morgan fingerprint density at radius 1 is 1.47 bits per heavy atom. The Balaban J connectivity index is 2.62. The van der Waals surface area contributed by atoms with Crippen LogP contribution < -0.4 is 10.1 Å². The van der Waals surface area contributed by atoms with Gasteiger partial charge in [0, 0.05) is 18.3 Å². The summed E-state index contributed by atoms with van der Waals surface area (Å²) in [6.45, 7) is 4.43. The van der Waals surface area contributed by atoms with Crippen LogP contribution in [0.5, 0.6) is 5.75 Å². The minimum atomic E-state index is -0.358. The molecule has 0 aliphatic heterocycles. The van der Waals surface area contributed by atoms with E-state index in [2.05, 4.69) is 11.4 Å². The van der Waals surface area contributed by atoms with Gasteiger partial charge in [-0.3, -0.25) is 0 Å². The van der Waals surface area contributed by atoms with Crippen LogP contribution in [-0.2, 0) is 0 Å². The van der Waals surface area contributed by atoms with Gasteiger partial charge in [0.25, 0.3) is 0 Å². The minimum absolute atomic E-state index is 0.358. The first-order valence-electron chi connectivity index (χ1n) is 4.86. The largest absolute Gasteiger partial charge is 0.497 e. The molecular formula is C12H16N2O. The number of nitrogens with zero attached hydrogens (tertiary/aromatic N) is 1. The van der Waals surface area contributed by atoms with Crippen molar-refractivity contribution in [1.29, 1.82) is 5.26 Å². The van der Waals surface area contributed by atoms with Gasteiger partial charge in [0.05, 0.1) is 18.6 Å². The summed E-state index contributed by atoms with van der Waals surface area (Å²) in [5, 5.41) is 12.1. The van der Waals surface area contributed by atoms with Gasteiger partial charge in [-0.1, -0.05) is 6.07 Å². The molecule has 1 aromatic carbocycles. The standard InChI is InChI=1S/C12H16N2O/c1-12(2,8-13)9-14-10-5-4-6-11(7-10)15-3/h4-7,14H,9H2,1-3H3. The van der Waals surface area contributed by atoms with Crippen LogP contribution in [0.3, 0.4) is 0 Å². The molecule has 3 heteroatoms. The summed E-state index contributed by atoms with van der Waals surface area (Å²) in [6.07, 6.45) is 0. The van der Waals surface area contributed by atoms with Gasteiger partial charge in [-0.15, -0.1) is 0 Å². The lowest BCUT2D eigenvalue weighted by molar-refractivity contribution is 0.415. The molecule has 0 saturated heterocycles. The number of methoxy groups -OCH3 is 1. The predicted octanol–water partition coefficient (Wildman–Crippen LogP) is 2.66. The first kappa shape index (κ1) is 11.4. The first-order valence-corrected chi connectivity index (χ1v) is 4.86. The summed E-state index contributed by atoms with van der Waals surface area (Å²) < 4.78 is 5.11. The maximum Gasteiger partial charge on any atom is 0.120 e. The fourth-order valence-corrected chi connectivity index (χ4v) is 1.10. The molecule has 0 bridgehead atoms. The van der Waals surface area contributed by atoms with E-state index in [4.69, 9.17) is 10.00 Å². The SMILES string of the molecule is COc1cccc(NCC(C)(C)C#N)c1. The molecule has 0 aromatic heterocycles. The van der Waals surface area contributed by atoms with E-state index in [0.29, 0.717) is 6.54 Å². The predicted molar refractivity (Wildman–Crippen MR) is 60.9 cm³/mol. The lowest BCUT2D eigenvalue weighted by Gasteiger charge is -2.17. The van der Waals surface area contributed by atoms with Crippen LogP contribution in [-0.4, -0.2) is 13.7 Å². The quantitative estimate of drug-likeness (QED) is 0.820. The smallest absolute Gasteiger partial charge is 0.120 e. The van der Waals surface area contributed by atoms with Gasteiger partial charge in [0.2, 0.25) is 0 Å². The number of anilines is 1. The summed E-state index contributed by atoms with van der Waals surface area (Å²) in [4.78, 5) is 0. The van der Waals surface area contributed by atoms with E-state index in [0.717, 1.165) is 11.4 Å². The molecule has 0 saturated carbocycles. The van der Waals surface area contributed by atoms with Gasteiger partial charge in [-0.25, -0.2) is 0 Å². The fourth-order valence-electron chi connectivity index (χ4n) is 1.10. The lowest BCUT2D eigenvalue weighted by Crippen LogP contribution is -2.20. The third-order valence-electron chi connectivity index (χ3n) is 2.11. The molecule has 1 N–H and O–H groups in total. The molecular weight excluding hydrogens is 188 g/mol. The van der Waals surface area contributed by atoms with Crippen LogP contribution in [0.1, 0.15) is 13.8 Å². The molecule has 80 valence electrons. The van der Waals surface area contributed by atoms with E-state index >= 15 is 0 Å². The highest BCUT2D eigenvalue weighted by Crippen LogP contribution is 2.19. The van der Waals surface area contributed by atoms with Crippen LogP contribution in [0.2, 0.25) is 0 Å². The van der Waals surface area contributed by atoms with Gasteiger partial charge in [0.1, 0.15) is 5.75 Å². The summed E-state index contributed by atoms with van der Waals surface area (Å²) in [5.74, 6) is 0.815. The van der Waals surface area contributed by atoms with Gasteiger partial charge >= 0.3 is 0 Å². The average molecular weight is 204 g/mol. The lowest BCUT2D eigenvalue weighted by atomic mass is 9.96. The fraction of sp³-hybridized carbons (Fsp3) is 0.417. The van der Waals surface area contributed by atoms with Crippen LogP contribution in [0, 0.1) is 16.7 Å². The summed E-state index contributed by atoms with van der Waals surface area (Å²) in [7, 11) is 1.64.